The van der Waals surface area contributed by atoms with Crippen molar-refractivity contribution >= 4 is 0 Å². The van der Waals surface area contributed by atoms with E-state index in [-0.39, 0.29) is 11.9 Å². The van der Waals surface area contributed by atoms with E-state index in [9.17, 15) is 4.39 Å². The van der Waals surface area contributed by atoms with Crippen LogP contribution in [-0.2, 0) is 6.42 Å². The molecule has 0 aromatic heterocycles. The van der Waals surface area contributed by atoms with Gasteiger partial charge >= 0.3 is 0 Å². The second-order valence-electron chi connectivity index (χ2n) is 5.63. The van der Waals surface area contributed by atoms with E-state index in [1.807, 2.05) is 0 Å². The number of ether oxygens (including phenoxy) is 1. The molecule has 19 heavy (non-hydrogen) atoms. The van der Waals surface area contributed by atoms with Crippen molar-refractivity contribution in [1.82, 2.24) is 10.2 Å². The molecule has 2 aliphatic heterocycles. The van der Waals surface area contributed by atoms with Crippen LogP contribution in [0.15, 0.2) is 18.2 Å². The molecule has 2 atom stereocenters. The summed E-state index contributed by atoms with van der Waals surface area (Å²) in [6, 6.07) is 5.43. The number of benzene rings is 1. The van der Waals surface area contributed by atoms with Crippen LogP contribution < -0.4 is 10.1 Å². The van der Waals surface area contributed by atoms with Gasteiger partial charge in [0, 0.05) is 31.1 Å². The zero-order valence-electron chi connectivity index (χ0n) is 11.4. The van der Waals surface area contributed by atoms with E-state index in [4.69, 9.17) is 4.74 Å². The molecule has 1 fully saturated rings. The van der Waals surface area contributed by atoms with Crippen LogP contribution in [0.1, 0.15) is 18.4 Å². The fourth-order valence-corrected chi connectivity index (χ4v) is 3.05. The van der Waals surface area contributed by atoms with Gasteiger partial charge in [0.15, 0.2) is 0 Å². The van der Waals surface area contributed by atoms with Crippen molar-refractivity contribution in [2.75, 3.05) is 26.7 Å². The van der Waals surface area contributed by atoms with Gasteiger partial charge in [-0.1, -0.05) is 0 Å². The molecular formula is C15H21FN2O. The van der Waals surface area contributed by atoms with E-state index in [1.54, 1.807) is 12.1 Å². The van der Waals surface area contributed by atoms with Gasteiger partial charge in [0.1, 0.15) is 17.7 Å². The maximum Gasteiger partial charge on any atom is 0.123 e. The maximum atomic E-state index is 13.1. The molecule has 0 aliphatic carbocycles. The first kappa shape index (κ1) is 12.9. The topological polar surface area (TPSA) is 24.5 Å². The van der Waals surface area contributed by atoms with E-state index in [1.165, 1.54) is 25.5 Å². The standard InChI is InChI=1S/C15H21FN2O/c1-18-6-2-3-13(18)9-17-10-14-8-11-7-12(16)4-5-15(11)19-14/h4-5,7,13-14,17H,2-3,6,8-10H2,1H3. The Morgan fingerprint density at radius 2 is 2.32 bits per heavy atom. The van der Waals surface area contributed by atoms with Gasteiger partial charge in [0.2, 0.25) is 0 Å². The van der Waals surface area contributed by atoms with Crippen LogP contribution in [0.3, 0.4) is 0 Å². The summed E-state index contributed by atoms with van der Waals surface area (Å²) in [5.74, 6) is 0.662. The Bertz CT molecular complexity index is 452. The lowest BCUT2D eigenvalue weighted by Gasteiger charge is -2.20. The van der Waals surface area contributed by atoms with Gasteiger partial charge in [-0.15, -0.1) is 0 Å². The summed E-state index contributed by atoms with van der Waals surface area (Å²) in [7, 11) is 2.18. The molecule has 0 radical (unpaired) electrons. The Hall–Kier alpha value is -1.13. The van der Waals surface area contributed by atoms with E-state index in [0.29, 0.717) is 6.04 Å². The summed E-state index contributed by atoms with van der Waals surface area (Å²) in [5.41, 5.74) is 0.991. The first-order valence-corrected chi connectivity index (χ1v) is 7.08. The molecule has 2 heterocycles. The fourth-order valence-electron chi connectivity index (χ4n) is 3.05. The smallest absolute Gasteiger partial charge is 0.123 e. The van der Waals surface area contributed by atoms with Gasteiger partial charge < -0.3 is 15.0 Å². The van der Waals surface area contributed by atoms with Gasteiger partial charge in [0.25, 0.3) is 0 Å². The highest BCUT2D eigenvalue weighted by atomic mass is 19.1. The second kappa shape index (κ2) is 5.47. The van der Waals surface area contributed by atoms with Crippen molar-refractivity contribution in [2.45, 2.75) is 31.4 Å². The van der Waals surface area contributed by atoms with Crippen molar-refractivity contribution in [3.05, 3.63) is 29.6 Å². The Morgan fingerprint density at radius 3 is 3.11 bits per heavy atom. The number of fused-ring (bicyclic) bond motifs is 1. The lowest BCUT2D eigenvalue weighted by Crippen LogP contribution is -2.39. The van der Waals surface area contributed by atoms with E-state index in [2.05, 4.69) is 17.3 Å². The molecule has 0 amide bonds. The lowest BCUT2D eigenvalue weighted by atomic mass is 10.1. The average Bonchev–Trinajstić information content (AvgIpc) is 2.95. The third kappa shape index (κ3) is 2.90. The summed E-state index contributed by atoms with van der Waals surface area (Å²) in [6.45, 7) is 3.05. The monoisotopic (exact) mass is 264 g/mol. The van der Waals surface area contributed by atoms with E-state index in [0.717, 1.165) is 30.8 Å². The highest BCUT2D eigenvalue weighted by Gasteiger charge is 2.24. The quantitative estimate of drug-likeness (QED) is 0.897. The van der Waals surface area contributed by atoms with Crippen LogP contribution in [0, 0.1) is 5.82 Å². The Morgan fingerprint density at radius 1 is 1.42 bits per heavy atom. The highest BCUT2D eigenvalue weighted by Crippen LogP contribution is 2.28. The largest absolute Gasteiger partial charge is 0.488 e. The summed E-state index contributed by atoms with van der Waals surface area (Å²) in [6.07, 6.45) is 3.53. The van der Waals surface area contributed by atoms with Crippen LogP contribution in [0.25, 0.3) is 0 Å². The van der Waals surface area contributed by atoms with E-state index >= 15 is 0 Å². The first-order valence-electron chi connectivity index (χ1n) is 7.08. The zero-order chi connectivity index (χ0) is 13.2. The predicted octanol–water partition coefficient (Wildman–Crippen LogP) is 1.81. The number of likely N-dealkylation sites (tertiary alicyclic amines) is 1. The SMILES string of the molecule is CN1CCCC1CNCC1Cc2cc(F)ccc2O1. The van der Waals surface area contributed by atoms with Crippen molar-refractivity contribution < 1.29 is 9.13 Å². The number of nitrogens with one attached hydrogen (secondary N) is 1. The number of halogens is 1. The molecule has 1 aromatic rings. The molecule has 3 nitrogen and oxygen atoms in total. The number of likely N-dealkylation sites (N-methyl/N-ethyl adjacent to an activating group) is 1. The number of rotatable bonds is 4. The van der Waals surface area contributed by atoms with Crippen LogP contribution >= 0.6 is 0 Å². The number of hydrogen-bond acceptors (Lipinski definition) is 3. The minimum absolute atomic E-state index is 0.142. The lowest BCUT2D eigenvalue weighted by molar-refractivity contribution is 0.219. The second-order valence-corrected chi connectivity index (χ2v) is 5.63. The molecule has 3 rings (SSSR count). The molecule has 0 spiro atoms. The van der Waals surface area contributed by atoms with Crippen LogP contribution in [-0.4, -0.2) is 43.7 Å². The highest BCUT2D eigenvalue weighted by molar-refractivity contribution is 5.37. The predicted molar refractivity (Wildman–Crippen MR) is 73.0 cm³/mol. The normalized spacial score (nSPS) is 26.4. The summed E-state index contributed by atoms with van der Waals surface area (Å²) in [4.78, 5) is 2.41. The van der Waals surface area contributed by atoms with E-state index < -0.39 is 0 Å². The summed E-state index contributed by atoms with van der Waals surface area (Å²) >= 11 is 0. The number of nitrogens with zero attached hydrogens (tertiary/aromatic N) is 1. The van der Waals surface area contributed by atoms with Crippen LogP contribution in [0.5, 0.6) is 5.75 Å². The van der Waals surface area contributed by atoms with Gasteiger partial charge in [-0.25, -0.2) is 4.39 Å². The van der Waals surface area contributed by atoms with Gasteiger partial charge in [-0.3, -0.25) is 0 Å². The molecular weight excluding hydrogens is 243 g/mol. The molecule has 2 unspecified atom stereocenters. The molecule has 0 saturated carbocycles. The summed E-state index contributed by atoms with van der Waals surface area (Å²) < 4.78 is 18.9. The third-order valence-electron chi connectivity index (χ3n) is 4.19. The van der Waals surface area contributed by atoms with Gasteiger partial charge in [-0.2, -0.15) is 0 Å². The molecule has 2 aliphatic rings. The third-order valence-corrected chi connectivity index (χ3v) is 4.19. The summed E-state index contributed by atoms with van der Waals surface area (Å²) in [5, 5.41) is 3.49. The molecule has 1 saturated heterocycles. The van der Waals surface area contributed by atoms with Crippen LogP contribution in [0.2, 0.25) is 0 Å². The maximum absolute atomic E-state index is 13.1. The van der Waals surface area contributed by atoms with Gasteiger partial charge in [0.05, 0.1) is 0 Å². The molecule has 104 valence electrons. The minimum Gasteiger partial charge on any atom is -0.488 e. The fraction of sp³-hybridized carbons (Fsp3) is 0.600. The molecule has 1 aromatic carbocycles. The average molecular weight is 264 g/mol. The number of hydrogen-bond donors (Lipinski definition) is 1. The van der Waals surface area contributed by atoms with Crippen molar-refractivity contribution in [1.29, 1.82) is 0 Å². The molecule has 0 bridgehead atoms. The molecule has 1 N–H and O–H groups in total. The van der Waals surface area contributed by atoms with Crippen molar-refractivity contribution in [3.8, 4) is 5.75 Å². The molecule has 4 heteroatoms. The van der Waals surface area contributed by atoms with Crippen LogP contribution in [0.4, 0.5) is 4.39 Å². The Kier molecular flexibility index (Phi) is 3.71. The zero-order valence-corrected chi connectivity index (χ0v) is 11.4. The van der Waals surface area contributed by atoms with Crippen molar-refractivity contribution in [3.63, 3.8) is 0 Å². The Labute approximate surface area is 113 Å². The Balaban J connectivity index is 1.46. The first-order chi connectivity index (χ1) is 9.22. The van der Waals surface area contributed by atoms with Crippen molar-refractivity contribution in [2.24, 2.45) is 0 Å². The van der Waals surface area contributed by atoms with Gasteiger partial charge in [-0.05, 0) is 44.6 Å². The minimum atomic E-state index is -0.177.